The van der Waals surface area contributed by atoms with Crippen LogP contribution in [0.25, 0.3) is 0 Å². The summed E-state index contributed by atoms with van der Waals surface area (Å²) in [6.07, 6.45) is 1.60. The average molecular weight is 524 g/mol. The largest absolute Gasteiger partial charge is 0.497 e. The summed E-state index contributed by atoms with van der Waals surface area (Å²) in [5.74, 6) is -0.0954. The molecule has 2 N–H and O–H groups in total. The van der Waals surface area contributed by atoms with Crippen LogP contribution in [-0.4, -0.2) is 47.6 Å². The number of ether oxygens (including phenoxy) is 2. The molecule has 3 unspecified atom stereocenters. The molecule has 0 saturated heterocycles. The summed E-state index contributed by atoms with van der Waals surface area (Å²) in [4.78, 5) is 42.5. The molecule has 8 nitrogen and oxygen atoms in total. The van der Waals surface area contributed by atoms with Gasteiger partial charge in [-0.2, -0.15) is 0 Å². The van der Waals surface area contributed by atoms with E-state index in [1.165, 1.54) is 0 Å². The van der Waals surface area contributed by atoms with Crippen molar-refractivity contribution < 1.29 is 23.9 Å². The van der Waals surface area contributed by atoms with Crippen LogP contribution < -0.4 is 15.4 Å². The van der Waals surface area contributed by atoms with Crippen molar-refractivity contribution in [2.24, 2.45) is 5.92 Å². The number of anilines is 1. The highest BCUT2D eigenvalue weighted by molar-refractivity contribution is 5.99. The molecule has 2 aromatic rings. The molecule has 38 heavy (non-hydrogen) atoms. The minimum Gasteiger partial charge on any atom is -0.497 e. The van der Waals surface area contributed by atoms with E-state index in [1.807, 2.05) is 45.0 Å². The van der Waals surface area contributed by atoms with Gasteiger partial charge in [0.1, 0.15) is 23.4 Å². The van der Waals surface area contributed by atoms with Gasteiger partial charge in [0.05, 0.1) is 7.11 Å². The van der Waals surface area contributed by atoms with E-state index in [0.29, 0.717) is 17.9 Å². The van der Waals surface area contributed by atoms with Crippen LogP contribution >= 0.6 is 0 Å². The third-order valence-corrected chi connectivity index (χ3v) is 6.59. The number of amides is 3. The van der Waals surface area contributed by atoms with E-state index in [0.717, 1.165) is 24.0 Å². The van der Waals surface area contributed by atoms with E-state index < -0.39 is 23.8 Å². The van der Waals surface area contributed by atoms with Gasteiger partial charge in [-0.05, 0) is 76.3 Å². The summed E-state index contributed by atoms with van der Waals surface area (Å²) in [5, 5.41) is 5.79. The Morgan fingerprint density at radius 1 is 1.08 bits per heavy atom. The SMILES string of the molecule is CCC(C)C(NC(=O)OC(C)(C)C)C(=O)N(C1CC1)C(C(=O)Nc1ccc(OC)cc1)c1cccc(C)c1. The Morgan fingerprint density at radius 2 is 1.74 bits per heavy atom. The number of aryl methyl sites for hydroxylation is 1. The highest BCUT2D eigenvalue weighted by Crippen LogP contribution is 2.37. The van der Waals surface area contributed by atoms with Crippen molar-refractivity contribution in [2.75, 3.05) is 12.4 Å². The van der Waals surface area contributed by atoms with Gasteiger partial charge in [-0.25, -0.2) is 4.79 Å². The van der Waals surface area contributed by atoms with Gasteiger partial charge in [-0.15, -0.1) is 0 Å². The van der Waals surface area contributed by atoms with Crippen molar-refractivity contribution in [3.8, 4) is 5.75 Å². The van der Waals surface area contributed by atoms with Crippen LogP contribution in [0.5, 0.6) is 5.75 Å². The zero-order valence-corrected chi connectivity index (χ0v) is 23.5. The van der Waals surface area contributed by atoms with Crippen LogP contribution in [0.4, 0.5) is 10.5 Å². The molecule has 1 aliphatic carbocycles. The van der Waals surface area contributed by atoms with Crippen LogP contribution in [-0.2, 0) is 14.3 Å². The average Bonchev–Trinajstić information content (AvgIpc) is 3.69. The second-order valence-electron chi connectivity index (χ2n) is 11.0. The van der Waals surface area contributed by atoms with Crippen molar-refractivity contribution >= 4 is 23.6 Å². The fourth-order valence-electron chi connectivity index (χ4n) is 4.31. The summed E-state index contributed by atoms with van der Waals surface area (Å²) >= 11 is 0. The minimum absolute atomic E-state index is 0.0957. The van der Waals surface area contributed by atoms with Crippen molar-refractivity contribution in [2.45, 2.75) is 84.5 Å². The lowest BCUT2D eigenvalue weighted by Gasteiger charge is -2.36. The molecule has 0 aromatic heterocycles. The molecule has 3 amide bonds. The first-order chi connectivity index (χ1) is 17.9. The normalized spacial score (nSPS) is 15.6. The standard InChI is InChI=1S/C30H41N3O5/c1-8-20(3)25(32-29(36)38-30(4,5)6)28(35)33(23-14-15-23)26(21-11-9-10-19(2)18-21)27(34)31-22-12-16-24(37-7)17-13-22/h9-13,16-18,20,23,25-26H,8,14-15H2,1-7H3,(H,31,34)(H,32,36). The summed E-state index contributed by atoms with van der Waals surface area (Å²) in [5.41, 5.74) is 1.60. The maximum Gasteiger partial charge on any atom is 0.408 e. The fraction of sp³-hybridized carbons (Fsp3) is 0.500. The quantitative estimate of drug-likeness (QED) is 0.422. The van der Waals surface area contributed by atoms with Crippen LogP contribution in [0, 0.1) is 12.8 Å². The molecule has 8 heteroatoms. The zero-order chi connectivity index (χ0) is 28.0. The second kappa shape index (κ2) is 12.3. The predicted molar refractivity (Wildman–Crippen MR) is 148 cm³/mol. The summed E-state index contributed by atoms with van der Waals surface area (Å²) in [7, 11) is 1.58. The summed E-state index contributed by atoms with van der Waals surface area (Å²) in [6.45, 7) is 11.2. The Hall–Kier alpha value is -3.55. The van der Waals surface area contributed by atoms with Crippen LogP contribution in [0.15, 0.2) is 48.5 Å². The smallest absolute Gasteiger partial charge is 0.408 e. The third kappa shape index (κ3) is 7.73. The highest BCUT2D eigenvalue weighted by Gasteiger charge is 2.45. The van der Waals surface area contributed by atoms with Crippen LogP contribution in [0.3, 0.4) is 0 Å². The van der Waals surface area contributed by atoms with Gasteiger partial charge in [0.2, 0.25) is 5.91 Å². The molecular weight excluding hydrogens is 482 g/mol. The lowest BCUT2D eigenvalue weighted by atomic mass is 9.95. The van der Waals surface area contributed by atoms with Crippen molar-refractivity contribution in [1.29, 1.82) is 0 Å². The minimum atomic E-state index is -0.871. The molecule has 0 spiro atoms. The number of benzene rings is 2. The number of hydrogen-bond acceptors (Lipinski definition) is 5. The molecule has 3 atom stereocenters. The van der Waals surface area contributed by atoms with Gasteiger partial charge in [-0.3, -0.25) is 9.59 Å². The molecule has 0 radical (unpaired) electrons. The fourth-order valence-corrected chi connectivity index (χ4v) is 4.31. The molecule has 1 saturated carbocycles. The number of methoxy groups -OCH3 is 1. The van der Waals surface area contributed by atoms with E-state index >= 15 is 0 Å². The first kappa shape index (κ1) is 29.0. The maximum absolute atomic E-state index is 14.2. The Labute approximate surface area is 226 Å². The number of hydrogen-bond donors (Lipinski definition) is 2. The Bertz CT molecular complexity index is 1120. The second-order valence-corrected chi connectivity index (χ2v) is 11.0. The highest BCUT2D eigenvalue weighted by atomic mass is 16.6. The first-order valence-electron chi connectivity index (χ1n) is 13.3. The van der Waals surface area contributed by atoms with Crippen molar-refractivity contribution in [1.82, 2.24) is 10.2 Å². The van der Waals surface area contributed by atoms with Gasteiger partial charge in [0.25, 0.3) is 5.91 Å². The zero-order valence-electron chi connectivity index (χ0n) is 23.5. The summed E-state index contributed by atoms with van der Waals surface area (Å²) < 4.78 is 10.7. The molecular formula is C30H41N3O5. The Kier molecular flexibility index (Phi) is 9.41. The lowest BCUT2D eigenvalue weighted by Crippen LogP contribution is -2.55. The molecule has 2 aromatic carbocycles. The van der Waals surface area contributed by atoms with Crippen molar-refractivity contribution in [3.05, 3.63) is 59.7 Å². The van der Waals surface area contributed by atoms with Crippen LogP contribution in [0.2, 0.25) is 0 Å². The molecule has 3 rings (SSSR count). The molecule has 0 bridgehead atoms. The van der Waals surface area contributed by atoms with E-state index in [4.69, 9.17) is 9.47 Å². The summed E-state index contributed by atoms with van der Waals surface area (Å²) in [6, 6.07) is 12.9. The molecule has 1 fully saturated rings. The monoisotopic (exact) mass is 523 g/mol. The number of rotatable bonds is 10. The lowest BCUT2D eigenvalue weighted by molar-refractivity contribution is -0.142. The number of carbonyl (C=O) groups excluding carboxylic acids is 3. The molecule has 0 aliphatic heterocycles. The number of alkyl carbamates (subject to hydrolysis) is 1. The number of nitrogens with zero attached hydrogens (tertiary/aromatic N) is 1. The van der Waals surface area contributed by atoms with Crippen LogP contribution in [0.1, 0.15) is 71.0 Å². The van der Waals surface area contributed by atoms with Gasteiger partial charge in [0, 0.05) is 11.7 Å². The van der Waals surface area contributed by atoms with E-state index in [-0.39, 0.29) is 23.8 Å². The van der Waals surface area contributed by atoms with Gasteiger partial charge < -0.3 is 25.0 Å². The van der Waals surface area contributed by atoms with E-state index in [1.54, 1.807) is 57.0 Å². The van der Waals surface area contributed by atoms with Gasteiger partial charge >= 0.3 is 6.09 Å². The number of carbonyl (C=O) groups is 3. The van der Waals surface area contributed by atoms with E-state index in [9.17, 15) is 14.4 Å². The Balaban J connectivity index is 1.98. The van der Waals surface area contributed by atoms with E-state index in [2.05, 4.69) is 10.6 Å². The Morgan fingerprint density at radius 3 is 2.26 bits per heavy atom. The van der Waals surface area contributed by atoms with Gasteiger partial charge in [0.15, 0.2) is 0 Å². The third-order valence-electron chi connectivity index (χ3n) is 6.59. The van der Waals surface area contributed by atoms with Crippen molar-refractivity contribution in [3.63, 3.8) is 0 Å². The number of nitrogens with one attached hydrogen (secondary N) is 2. The topological polar surface area (TPSA) is 97.0 Å². The predicted octanol–water partition coefficient (Wildman–Crippen LogP) is 5.61. The molecule has 206 valence electrons. The maximum atomic E-state index is 14.2. The first-order valence-corrected chi connectivity index (χ1v) is 13.3. The molecule has 0 heterocycles. The molecule has 1 aliphatic rings. The van der Waals surface area contributed by atoms with Gasteiger partial charge in [-0.1, -0.05) is 50.1 Å².